The number of hydrogen-bond donors (Lipinski definition) is 1. The van der Waals surface area contributed by atoms with E-state index in [1.807, 2.05) is 6.92 Å². The number of halogens is 3. The SMILES string of the molecule is Cc1cc(F)ccc1CNc1cccc(OC(F)F)c1. The van der Waals surface area contributed by atoms with Crippen LogP contribution in [0, 0.1) is 12.7 Å². The number of rotatable bonds is 5. The summed E-state index contributed by atoms with van der Waals surface area (Å²) in [5.74, 6) is -0.181. The van der Waals surface area contributed by atoms with Crippen molar-refractivity contribution < 1.29 is 17.9 Å². The van der Waals surface area contributed by atoms with Crippen LogP contribution in [-0.2, 0) is 6.54 Å². The maximum Gasteiger partial charge on any atom is 0.387 e. The first-order chi connectivity index (χ1) is 9.54. The fraction of sp³-hybridized carbons (Fsp3) is 0.200. The van der Waals surface area contributed by atoms with E-state index >= 15 is 0 Å². The Kier molecular flexibility index (Phi) is 4.50. The topological polar surface area (TPSA) is 21.3 Å². The molecule has 0 spiro atoms. The molecule has 0 heterocycles. The summed E-state index contributed by atoms with van der Waals surface area (Å²) in [7, 11) is 0. The second-order valence-corrected chi connectivity index (χ2v) is 4.33. The third-order valence-electron chi connectivity index (χ3n) is 2.85. The molecule has 0 aliphatic carbocycles. The van der Waals surface area contributed by atoms with E-state index in [1.54, 1.807) is 18.2 Å². The van der Waals surface area contributed by atoms with Crippen molar-refractivity contribution in [2.24, 2.45) is 0 Å². The van der Waals surface area contributed by atoms with Gasteiger partial charge >= 0.3 is 6.61 Å². The van der Waals surface area contributed by atoms with Crippen LogP contribution >= 0.6 is 0 Å². The van der Waals surface area contributed by atoms with Crippen LogP contribution in [0.5, 0.6) is 5.75 Å². The van der Waals surface area contributed by atoms with Gasteiger partial charge < -0.3 is 10.1 Å². The zero-order valence-electron chi connectivity index (χ0n) is 10.9. The Morgan fingerprint density at radius 1 is 1.15 bits per heavy atom. The molecule has 0 unspecified atom stereocenters. The zero-order chi connectivity index (χ0) is 14.5. The van der Waals surface area contributed by atoms with Crippen molar-refractivity contribution in [1.82, 2.24) is 0 Å². The van der Waals surface area contributed by atoms with Crippen molar-refractivity contribution in [3.8, 4) is 5.75 Å². The molecular formula is C15H14F3NO. The molecule has 0 saturated heterocycles. The van der Waals surface area contributed by atoms with Crippen LogP contribution in [0.1, 0.15) is 11.1 Å². The van der Waals surface area contributed by atoms with Crippen molar-refractivity contribution in [3.05, 3.63) is 59.4 Å². The summed E-state index contributed by atoms with van der Waals surface area (Å²) in [4.78, 5) is 0. The molecule has 1 N–H and O–H groups in total. The standard InChI is InChI=1S/C15H14F3NO/c1-10-7-12(16)6-5-11(10)9-19-13-3-2-4-14(8-13)20-15(17)18/h2-8,15,19H,9H2,1H3. The predicted octanol–water partition coefficient (Wildman–Crippen LogP) is 4.35. The van der Waals surface area contributed by atoms with Gasteiger partial charge in [0, 0.05) is 18.3 Å². The third-order valence-corrected chi connectivity index (χ3v) is 2.85. The highest BCUT2D eigenvalue weighted by Gasteiger charge is 2.05. The lowest BCUT2D eigenvalue weighted by Crippen LogP contribution is -2.04. The molecule has 0 amide bonds. The van der Waals surface area contributed by atoms with Crippen molar-refractivity contribution in [3.63, 3.8) is 0 Å². The van der Waals surface area contributed by atoms with Crippen LogP contribution in [0.3, 0.4) is 0 Å². The number of hydrogen-bond acceptors (Lipinski definition) is 2. The molecule has 0 radical (unpaired) electrons. The molecule has 0 aromatic heterocycles. The van der Waals surface area contributed by atoms with E-state index in [0.29, 0.717) is 12.2 Å². The quantitative estimate of drug-likeness (QED) is 0.879. The average molecular weight is 281 g/mol. The van der Waals surface area contributed by atoms with Crippen LogP contribution in [0.4, 0.5) is 18.9 Å². The molecule has 2 aromatic carbocycles. The van der Waals surface area contributed by atoms with E-state index in [-0.39, 0.29) is 11.6 Å². The van der Waals surface area contributed by atoms with Gasteiger partial charge in [0.25, 0.3) is 0 Å². The fourth-order valence-electron chi connectivity index (χ4n) is 1.84. The number of aryl methyl sites for hydroxylation is 1. The third kappa shape index (κ3) is 3.91. The van der Waals surface area contributed by atoms with E-state index in [1.165, 1.54) is 24.3 Å². The van der Waals surface area contributed by atoms with Gasteiger partial charge in [0.2, 0.25) is 0 Å². The average Bonchev–Trinajstić information content (AvgIpc) is 2.37. The minimum Gasteiger partial charge on any atom is -0.435 e. The maximum atomic E-state index is 13.0. The molecule has 20 heavy (non-hydrogen) atoms. The van der Waals surface area contributed by atoms with Gasteiger partial charge in [0.1, 0.15) is 11.6 Å². The number of nitrogens with one attached hydrogen (secondary N) is 1. The molecule has 0 bridgehead atoms. The molecule has 2 nitrogen and oxygen atoms in total. The normalized spacial score (nSPS) is 10.7. The molecule has 0 aliphatic rings. The summed E-state index contributed by atoms with van der Waals surface area (Å²) < 4.78 is 41.5. The number of anilines is 1. The molecule has 106 valence electrons. The highest BCUT2D eigenvalue weighted by atomic mass is 19.3. The largest absolute Gasteiger partial charge is 0.435 e. The van der Waals surface area contributed by atoms with E-state index < -0.39 is 6.61 Å². The van der Waals surface area contributed by atoms with Crippen molar-refractivity contribution >= 4 is 5.69 Å². The molecule has 0 atom stereocenters. The first-order valence-corrected chi connectivity index (χ1v) is 6.08. The minimum absolute atomic E-state index is 0.0980. The van der Waals surface area contributed by atoms with Gasteiger partial charge in [-0.15, -0.1) is 0 Å². The summed E-state index contributed by atoms with van der Waals surface area (Å²) in [6.45, 7) is -0.551. The lowest BCUT2D eigenvalue weighted by molar-refractivity contribution is -0.0498. The Morgan fingerprint density at radius 2 is 1.95 bits per heavy atom. The number of alkyl halides is 2. The Morgan fingerprint density at radius 3 is 2.65 bits per heavy atom. The van der Waals surface area contributed by atoms with Crippen molar-refractivity contribution in [2.75, 3.05) is 5.32 Å². The molecular weight excluding hydrogens is 267 g/mol. The molecule has 0 aliphatic heterocycles. The lowest BCUT2D eigenvalue weighted by Gasteiger charge is -2.11. The van der Waals surface area contributed by atoms with Crippen LogP contribution in [0.15, 0.2) is 42.5 Å². The van der Waals surface area contributed by atoms with E-state index in [2.05, 4.69) is 10.1 Å². The Balaban J connectivity index is 2.03. The Labute approximate surface area is 115 Å². The maximum absolute atomic E-state index is 13.0. The van der Waals surface area contributed by atoms with Crippen LogP contribution in [-0.4, -0.2) is 6.61 Å². The van der Waals surface area contributed by atoms with Crippen molar-refractivity contribution in [2.45, 2.75) is 20.1 Å². The van der Waals surface area contributed by atoms with Gasteiger partial charge in [0.05, 0.1) is 0 Å². The lowest BCUT2D eigenvalue weighted by atomic mass is 10.1. The molecule has 0 fully saturated rings. The summed E-state index contributed by atoms with van der Waals surface area (Å²) in [6, 6.07) is 10.9. The molecule has 0 saturated carbocycles. The highest BCUT2D eigenvalue weighted by molar-refractivity contribution is 5.49. The first kappa shape index (κ1) is 14.2. The number of benzene rings is 2. The number of ether oxygens (including phenoxy) is 1. The molecule has 2 aromatic rings. The van der Waals surface area contributed by atoms with Gasteiger partial charge in [-0.25, -0.2) is 4.39 Å². The predicted molar refractivity (Wildman–Crippen MR) is 71.5 cm³/mol. The van der Waals surface area contributed by atoms with Gasteiger partial charge in [-0.3, -0.25) is 0 Å². The van der Waals surface area contributed by atoms with E-state index in [0.717, 1.165) is 11.1 Å². The summed E-state index contributed by atoms with van der Waals surface area (Å²) in [6.07, 6.45) is 0. The fourth-order valence-corrected chi connectivity index (χ4v) is 1.84. The monoisotopic (exact) mass is 281 g/mol. The first-order valence-electron chi connectivity index (χ1n) is 6.08. The van der Waals surface area contributed by atoms with Gasteiger partial charge in [-0.2, -0.15) is 8.78 Å². The van der Waals surface area contributed by atoms with Crippen molar-refractivity contribution in [1.29, 1.82) is 0 Å². The Bertz CT molecular complexity index is 587. The van der Waals surface area contributed by atoms with Crippen LogP contribution < -0.4 is 10.1 Å². The second kappa shape index (κ2) is 6.32. The van der Waals surface area contributed by atoms with Crippen LogP contribution in [0.25, 0.3) is 0 Å². The minimum atomic E-state index is -2.84. The molecule has 5 heteroatoms. The highest BCUT2D eigenvalue weighted by Crippen LogP contribution is 2.20. The summed E-state index contributed by atoms with van der Waals surface area (Å²) in [5.41, 5.74) is 2.43. The van der Waals surface area contributed by atoms with Gasteiger partial charge in [-0.1, -0.05) is 12.1 Å². The molecule has 2 rings (SSSR count). The summed E-state index contributed by atoms with van der Waals surface area (Å²) >= 11 is 0. The van der Waals surface area contributed by atoms with Gasteiger partial charge in [0.15, 0.2) is 0 Å². The smallest absolute Gasteiger partial charge is 0.387 e. The van der Waals surface area contributed by atoms with E-state index in [4.69, 9.17) is 0 Å². The Hall–Kier alpha value is -2.17. The zero-order valence-corrected chi connectivity index (χ0v) is 10.9. The van der Waals surface area contributed by atoms with Crippen LogP contribution in [0.2, 0.25) is 0 Å². The van der Waals surface area contributed by atoms with E-state index in [9.17, 15) is 13.2 Å². The second-order valence-electron chi connectivity index (χ2n) is 4.33. The summed E-state index contributed by atoms with van der Waals surface area (Å²) in [5, 5.41) is 3.09. The van der Waals surface area contributed by atoms with Gasteiger partial charge in [-0.05, 0) is 42.3 Å².